The van der Waals surface area contributed by atoms with Crippen LogP contribution in [0.3, 0.4) is 0 Å². The number of thiazole rings is 1. The van der Waals surface area contributed by atoms with Crippen LogP contribution < -0.4 is 0 Å². The maximum absolute atomic E-state index is 15.0. The third-order valence-corrected chi connectivity index (χ3v) is 16.1. The Labute approximate surface area is 417 Å². The van der Waals surface area contributed by atoms with E-state index >= 15 is 0 Å². The summed E-state index contributed by atoms with van der Waals surface area (Å²) in [5.74, 6) is 1.51. The van der Waals surface area contributed by atoms with Crippen LogP contribution >= 0.6 is 11.3 Å². The molecule has 1 heterocycles. The Morgan fingerprint density at radius 2 is 1.65 bits per heavy atom. The van der Waals surface area contributed by atoms with Crippen LogP contribution in [0.4, 0.5) is 0 Å². The Kier molecular flexibility index (Phi) is 25.6. The van der Waals surface area contributed by atoms with Gasteiger partial charge in [-0.2, -0.15) is 0 Å². The van der Waals surface area contributed by atoms with Gasteiger partial charge >= 0.3 is 0 Å². The molecule has 11 heteroatoms. The molecular weight excluding hydrogens is 867 g/mol. The second-order valence-corrected chi connectivity index (χ2v) is 21.6. The molecule has 1 saturated carbocycles. The first-order valence-corrected chi connectivity index (χ1v) is 26.7. The molecule has 0 bridgehead atoms. The standard InChI is InChI=1S/C57H93N5O5S/c1-18-31-67-32-29-51(63)61(14)53(38(6)7)49(20-3)60-52(37(4)5)57(64)62(15)54(40(9)19-2)48(44(13)65-16)35-39(8)34-46-27-24-28-47(42(46)11)55(66-17)41(10)43(12)59-50(56-58-30-33-68-56)36-45-25-22-21-23-26-45/h20-23,25-26,30,33,37-38,40-42,44,46-48,50,52-55H,3,8,18-19,24,27-29,31-32,34-36H2,1-2,4-7,9-17H3. The zero-order chi connectivity index (χ0) is 50.7. The molecule has 1 fully saturated rings. The summed E-state index contributed by atoms with van der Waals surface area (Å²) in [6.07, 6.45) is 11.5. The van der Waals surface area contributed by atoms with Gasteiger partial charge in [0.1, 0.15) is 17.1 Å². The van der Waals surface area contributed by atoms with E-state index in [2.05, 4.69) is 99.2 Å². The van der Waals surface area contributed by atoms with Gasteiger partial charge in [-0.25, -0.2) is 4.98 Å². The van der Waals surface area contributed by atoms with Crippen molar-refractivity contribution in [1.82, 2.24) is 14.8 Å². The number of carbonyl (C=O) groups excluding carboxylic acids is 2. The van der Waals surface area contributed by atoms with E-state index < -0.39 is 6.04 Å². The van der Waals surface area contributed by atoms with Gasteiger partial charge in [-0.1, -0.05) is 124 Å². The highest BCUT2D eigenvalue weighted by Gasteiger charge is 2.41. The first-order chi connectivity index (χ1) is 32.4. The average Bonchev–Trinajstić information content (AvgIpc) is 3.87. The smallest absolute Gasteiger partial charge is 0.247 e. The Hall–Kier alpha value is -3.51. The van der Waals surface area contributed by atoms with Crippen molar-refractivity contribution in [1.29, 1.82) is 0 Å². The van der Waals surface area contributed by atoms with Crippen LogP contribution in [0, 0.1) is 47.3 Å². The fourth-order valence-corrected chi connectivity index (χ4v) is 11.5. The number of allylic oxidation sites excluding steroid dienone is 1. The van der Waals surface area contributed by atoms with Crippen LogP contribution in [-0.4, -0.2) is 110 Å². The minimum absolute atomic E-state index is 0.0103. The minimum Gasteiger partial charge on any atom is -0.381 e. The van der Waals surface area contributed by atoms with Gasteiger partial charge < -0.3 is 24.0 Å². The number of hydrogen-bond acceptors (Lipinski definition) is 9. The molecule has 1 aromatic heterocycles. The predicted octanol–water partition coefficient (Wildman–Crippen LogP) is 12.4. The van der Waals surface area contributed by atoms with E-state index in [-0.39, 0.29) is 78.2 Å². The van der Waals surface area contributed by atoms with Crippen molar-refractivity contribution in [2.75, 3.05) is 41.5 Å². The summed E-state index contributed by atoms with van der Waals surface area (Å²) >= 11 is 1.67. The summed E-state index contributed by atoms with van der Waals surface area (Å²) in [5, 5.41) is 3.08. The summed E-state index contributed by atoms with van der Waals surface area (Å²) in [7, 11) is 7.42. The number of benzene rings is 1. The number of rotatable bonds is 30. The summed E-state index contributed by atoms with van der Waals surface area (Å²) in [6.45, 7) is 33.7. The van der Waals surface area contributed by atoms with Crippen molar-refractivity contribution >= 4 is 34.6 Å². The fourth-order valence-electron chi connectivity index (χ4n) is 10.9. The Bertz CT molecular complexity index is 1870. The quantitative estimate of drug-likeness (QED) is 0.0439. The molecule has 2 aromatic rings. The lowest BCUT2D eigenvalue weighted by Crippen LogP contribution is -2.53. The topological polar surface area (TPSA) is 106 Å². The SMILES string of the molecule is C=CC(=NC(C(=O)N(C)C(C(C)CC)C(CC(=C)CC1CCCC(C(OC)C(C)C(C)=NC(Cc2ccccc2)c2nccs2)C1C)C(C)OC)C(C)C)C(C(C)C)N(C)C(=O)CCOCCC. The number of carbonyl (C=O) groups is 2. The third kappa shape index (κ3) is 16.5. The first kappa shape index (κ1) is 58.8. The summed E-state index contributed by atoms with van der Waals surface area (Å²) in [4.78, 5) is 47.4. The molecule has 1 aliphatic rings. The number of methoxy groups -OCH3 is 2. The van der Waals surface area contributed by atoms with Crippen molar-refractivity contribution < 1.29 is 23.8 Å². The zero-order valence-corrected chi connectivity index (χ0v) is 45.9. The summed E-state index contributed by atoms with van der Waals surface area (Å²) in [6, 6.07) is 9.42. The van der Waals surface area contributed by atoms with Crippen LogP contribution in [0.5, 0.6) is 0 Å². The molecule has 0 N–H and O–H groups in total. The number of hydrogen-bond donors (Lipinski definition) is 0. The predicted molar refractivity (Wildman–Crippen MR) is 286 cm³/mol. The molecule has 3 rings (SSSR count). The Morgan fingerprint density at radius 1 is 0.956 bits per heavy atom. The number of ether oxygens (including phenoxy) is 3. The van der Waals surface area contributed by atoms with Gasteiger partial charge in [0.15, 0.2) is 0 Å². The minimum atomic E-state index is -0.661. The number of nitrogens with zero attached hydrogens (tertiary/aromatic N) is 5. The molecule has 12 unspecified atom stereocenters. The molecule has 10 nitrogen and oxygen atoms in total. The van der Waals surface area contributed by atoms with Crippen molar-refractivity contribution in [2.24, 2.45) is 57.3 Å². The highest BCUT2D eigenvalue weighted by atomic mass is 32.1. The third-order valence-electron chi connectivity index (χ3n) is 15.2. The number of aromatic nitrogens is 1. The lowest BCUT2D eigenvalue weighted by molar-refractivity contribution is -0.138. The van der Waals surface area contributed by atoms with Crippen LogP contribution in [0.1, 0.15) is 144 Å². The van der Waals surface area contributed by atoms with E-state index in [1.165, 1.54) is 11.1 Å². The molecule has 1 aliphatic carbocycles. The van der Waals surface area contributed by atoms with E-state index in [4.69, 9.17) is 35.8 Å². The normalized spacial score (nSPS) is 21.0. The number of aliphatic imine (C=N–C) groups is 2. The molecule has 12 atom stereocenters. The van der Waals surface area contributed by atoms with Crippen molar-refractivity contribution in [3.63, 3.8) is 0 Å². The molecular formula is C57H93N5O5S. The van der Waals surface area contributed by atoms with E-state index in [9.17, 15) is 9.59 Å². The molecule has 2 amide bonds. The number of amides is 2. The lowest BCUT2D eigenvalue weighted by atomic mass is 9.66. The lowest BCUT2D eigenvalue weighted by Gasteiger charge is -2.44. The second-order valence-electron chi connectivity index (χ2n) is 20.6. The maximum Gasteiger partial charge on any atom is 0.247 e. The van der Waals surface area contributed by atoms with Crippen LogP contribution in [0.15, 0.2) is 76.7 Å². The fraction of sp³-hybridized carbons (Fsp3) is 0.702. The Balaban J connectivity index is 1.86. The van der Waals surface area contributed by atoms with Gasteiger partial charge in [0, 0.05) is 76.5 Å². The first-order valence-electron chi connectivity index (χ1n) is 25.9. The van der Waals surface area contributed by atoms with Gasteiger partial charge in [0.05, 0.1) is 37.0 Å². The van der Waals surface area contributed by atoms with E-state index in [0.29, 0.717) is 36.7 Å². The molecule has 0 spiro atoms. The van der Waals surface area contributed by atoms with Crippen LogP contribution in [-0.2, 0) is 30.2 Å². The van der Waals surface area contributed by atoms with Gasteiger partial charge in [-0.15, -0.1) is 11.3 Å². The highest BCUT2D eigenvalue weighted by Crippen LogP contribution is 2.44. The highest BCUT2D eigenvalue weighted by molar-refractivity contribution is 7.09. The second kappa shape index (κ2) is 29.6. The molecule has 382 valence electrons. The van der Waals surface area contributed by atoms with Gasteiger partial charge in [-0.3, -0.25) is 19.6 Å². The monoisotopic (exact) mass is 960 g/mol. The largest absolute Gasteiger partial charge is 0.381 e. The van der Waals surface area contributed by atoms with Gasteiger partial charge in [0.25, 0.3) is 0 Å². The van der Waals surface area contributed by atoms with E-state index in [1.807, 2.05) is 51.5 Å². The van der Waals surface area contributed by atoms with Crippen molar-refractivity contribution in [2.45, 2.75) is 170 Å². The Morgan fingerprint density at radius 3 is 2.21 bits per heavy atom. The zero-order valence-electron chi connectivity index (χ0n) is 45.1. The van der Waals surface area contributed by atoms with Crippen LogP contribution in [0.25, 0.3) is 0 Å². The molecule has 0 aliphatic heterocycles. The number of likely N-dealkylation sites (N-methyl/N-ethyl adjacent to an activating group) is 1. The summed E-state index contributed by atoms with van der Waals surface area (Å²) < 4.78 is 18.2. The van der Waals surface area contributed by atoms with Crippen LogP contribution in [0.2, 0.25) is 0 Å². The van der Waals surface area contributed by atoms with Gasteiger partial charge in [0.2, 0.25) is 11.8 Å². The molecule has 68 heavy (non-hydrogen) atoms. The van der Waals surface area contributed by atoms with E-state index in [0.717, 1.165) is 62.1 Å². The maximum atomic E-state index is 15.0. The molecule has 0 radical (unpaired) electrons. The van der Waals surface area contributed by atoms with E-state index in [1.54, 1.807) is 29.4 Å². The van der Waals surface area contributed by atoms with Crippen molar-refractivity contribution in [3.8, 4) is 0 Å². The van der Waals surface area contributed by atoms with Crippen molar-refractivity contribution in [3.05, 3.63) is 77.3 Å². The van der Waals surface area contributed by atoms with Gasteiger partial charge in [-0.05, 0) is 93.1 Å². The average molecular weight is 960 g/mol. The molecule has 0 saturated heterocycles. The molecule has 1 aromatic carbocycles. The summed E-state index contributed by atoms with van der Waals surface area (Å²) in [5.41, 5.74) is 4.22.